The summed E-state index contributed by atoms with van der Waals surface area (Å²) in [5.74, 6) is 1.15. The Labute approximate surface area is 271 Å². The SMILES string of the molecule is CCCC1=C(C(=O)OCC)[C@H](c2cccc(OC)c2)n2c(s/c(=C/c3ccc(OCc4ccccc4C#N)c(OCC)c3)c2=O)=N1. The Morgan fingerprint density at radius 3 is 2.59 bits per heavy atom. The number of esters is 1. The van der Waals surface area contributed by atoms with E-state index in [9.17, 15) is 14.9 Å². The van der Waals surface area contributed by atoms with Gasteiger partial charge < -0.3 is 18.9 Å². The summed E-state index contributed by atoms with van der Waals surface area (Å²) in [6, 6.07) is 21.6. The smallest absolute Gasteiger partial charge is 0.338 e. The van der Waals surface area contributed by atoms with Gasteiger partial charge in [0.1, 0.15) is 12.4 Å². The Kier molecular flexibility index (Phi) is 10.4. The largest absolute Gasteiger partial charge is 0.497 e. The van der Waals surface area contributed by atoms with Crippen LogP contribution < -0.4 is 29.1 Å². The quantitative estimate of drug-likeness (QED) is 0.190. The van der Waals surface area contributed by atoms with Crippen LogP contribution in [0.5, 0.6) is 17.2 Å². The van der Waals surface area contributed by atoms with Crippen molar-refractivity contribution in [2.75, 3.05) is 20.3 Å². The maximum absolute atomic E-state index is 14.1. The molecule has 0 aliphatic carbocycles. The molecule has 0 spiro atoms. The van der Waals surface area contributed by atoms with Crippen LogP contribution in [-0.4, -0.2) is 30.9 Å². The van der Waals surface area contributed by atoms with Gasteiger partial charge in [0.05, 0.1) is 53.8 Å². The van der Waals surface area contributed by atoms with E-state index in [0.29, 0.717) is 56.4 Å². The summed E-state index contributed by atoms with van der Waals surface area (Å²) in [7, 11) is 1.58. The first-order valence-electron chi connectivity index (χ1n) is 15.2. The number of allylic oxidation sites excluding steroid dienone is 1. The lowest BCUT2D eigenvalue weighted by atomic mass is 9.94. The lowest BCUT2D eigenvalue weighted by Crippen LogP contribution is -2.40. The number of rotatable bonds is 12. The summed E-state index contributed by atoms with van der Waals surface area (Å²) in [6.07, 6.45) is 3.10. The van der Waals surface area contributed by atoms with E-state index in [1.54, 1.807) is 36.8 Å². The summed E-state index contributed by atoms with van der Waals surface area (Å²) in [6.45, 7) is 6.47. The van der Waals surface area contributed by atoms with Crippen LogP contribution in [0.4, 0.5) is 0 Å². The van der Waals surface area contributed by atoms with Gasteiger partial charge in [-0.3, -0.25) is 9.36 Å². The van der Waals surface area contributed by atoms with Crippen molar-refractivity contribution in [1.29, 1.82) is 5.26 Å². The van der Waals surface area contributed by atoms with Gasteiger partial charge in [-0.15, -0.1) is 0 Å². The predicted molar refractivity (Wildman–Crippen MR) is 176 cm³/mol. The highest BCUT2D eigenvalue weighted by molar-refractivity contribution is 7.07. The molecule has 5 rings (SSSR count). The minimum atomic E-state index is -0.736. The van der Waals surface area contributed by atoms with Crippen LogP contribution in [0.3, 0.4) is 0 Å². The third-order valence-corrected chi connectivity index (χ3v) is 8.37. The van der Waals surface area contributed by atoms with E-state index in [2.05, 4.69) is 6.07 Å². The lowest BCUT2D eigenvalue weighted by molar-refractivity contribution is -0.139. The van der Waals surface area contributed by atoms with Crippen LogP contribution in [-0.2, 0) is 16.1 Å². The number of hydrogen-bond acceptors (Lipinski definition) is 9. The predicted octanol–water partition coefficient (Wildman–Crippen LogP) is 5.44. The van der Waals surface area contributed by atoms with Crippen molar-refractivity contribution in [3.63, 3.8) is 0 Å². The number of hydrogen-bond donors (Lipinski definition) is 0. The molecule has 1 atom stereocenters. The summed E-state index contributed by atoms with van der Waals surface area (Å²) in [4.78, 5) is 32.9. The fourth-order valence-electron chi connectivity index (χ4n) is 5.31. The minimum Gasteiger partial charge on any atom is -0.497 e. The van der Waals surface area contributed by atoms with E-state index in [1.807, 2.05) is 68.4 Å². The first-order chi connectivity index (χ1) is 22.4. The molecule has 0 unspecified atom stereocenters. The molecule has 0 radical (unpaired) electrons. The van der Waals surface area contributed by atoms with Gasteiger partial charge in [-0.1, -0.05) is 61.1 Å². The molecule has 46 heavy (non-hydrogen) atoms. The zero-order valence-electron chi connectivity index (χ0n) is 26.2. The van der Waals surface area contributed by atoms with Crippen LogP contribution in [0.1, 0.15) is 61.9 Å². The topological polar surface area (TPSA) is 112 Å². The molecule has 236 valence electrons. The van der Waals surface area contributed by atoms with E-state index in [0.717, 1.165) is 23.1 Å². The maximum Gasteiger partial charge on any atom is 0.338 e. The van der Waals surface area contributed by atoms with Crippen molar-refractivity contribution in [3.05, 3.63) is 120 Å². The molecule has 9 nitrogen and oxygen atoms in total. The van der Waals surface area contributed by atoms with Gasteiger partial charge in [0.15, 0.2) is 16.3 Å². The first kappa shape index (κ1) is 32.3. The molecule has 1 aliphatic heterocycles. The van der Waals surface area contributed by atoms with Crippen molar-refractivity contribution in [3.8, 4) is 23.3 Å². The van der Waals surface area contributed by atoms with E-state index in [4.69, 9.17) is 23.9 Å². The zero-order valence-corrected chi connectivity index (χ0v) is 27.1. The fraction of sp³-hybridized carbons (Fsp3) is 0.278. The number of fused-ring (bicyclic) bond motifs is 1. The third-order valence-electron chi connectivity index (χ3n) is 7.39. The van der Waals surface area contributed by atoms with Crippen molar-refractivity contribution >= 4 is 23.4 Å². The Hall–Kier alpha value is -5.14. The van der Waals surface area contributed by atoms with E-state index in [1.165, 1.54) is 11.3 Å². The number of thiazole rings is 1. The monoisotopic (exact) mass is 637 g/mol. The van der Waals surface area contributed by atoms with Gasteiger partial charge in [-0.05, 0) is 67.8 Å². The van der Waals surface area contributed by atoms with Crippen LogP contribution in [0, 0.1) is 11.3 Å². The van der Waals surface area contributed by atoms with Crippen LogP contribution in [0.15, 0.2) is 87.8 Å². The third kappa shape index (κ3) is 6.75. The maximum atomic E-state index is 14.1. The van der Waals surface area contributed by atoms with Crippen molar-refractivity contribution < 1.29 is 23.7 Å². The number of carbonyl (C=O) groups excluding carboxylic acids is 1. The molecule has 3 aromatic carbocycles. The number of nitrogens with zero attached hydrogens (tertiary/aromatic N) is 3. The second kappa shape index (κ2) is 14.8. The minimum absolute atomic E-state index is 0.198. The van der Waals surface area contributed by atoms with Crippen molar-refractivity contribution in [2.24, 2.45) is 4.99 Å². The summed E-state index contributed by atoms with van der Waals surface area (Å²) in [5, 5.41) is 9.43. The highest BCUT2D eigenvalue weighted by Crippen LogP contribution is 2.34. The molecular formula is C36H35N3O6S. The molecule has 1 aromatic heterocycles. The second-order valence-electron chi connectivity index (χ2n) is 10.4. The highest BCUT2D eigenvalue weighted by Gasteiger charge is 2.34. The molecule has 10 heteroatoms. The number of carbonyl (C=O) groups is 1. The molecule has 0 amide bonds. The number of nitriles is 1. The molecule has 4 aromatic rings. The molecule has 0 saturated carbocycles. The molecule has 1 aliphatic rings. The average molecular weight is 638 g/mol. The van der Waals surface area contributed by atoms with Gasteiger partial charge >= 0.3 is 5.97 Å². The summed E-state index contributed by atoms with van der Waals surface area (Å²) in [5.41, 5.74) is 3.46. The zero-order chi connectivity index (χ0) is 32.6. The van der Waals surface area contributed by atoms with Gasteiger partial charge in [-0.25, -0.2) is 9.79 Å². The van der Waals surface area contributed by atoms with Crippen molar-refractivity contribution in [2.45, 2.75) is 46.3 Å². The molecule has 2 heterocycles. The van der Waals surface area contributed by atoms with E-state index in [-0.39, 0.29) is 18.8 Å². The van der Waals surface area contributed by atoms with Crippen LogP contribution in [0.25, 0.3) is 6.08 Å². The number of methoxy groups -OCH3 is 1. The Balaban J connectivity index is 1.60. The summed E-state index contributed by atoms with van der Waals surface area (Å²) < 4.78 is 24.9. The average Bonchev–Trinajstić information content (AvgIpc) is 3.38. The molecule has 0 bridgehead atoms. The lowest BCUT2D eigenvalue weighted by Gasteiger charge is -2.26. The Morgan fingerprint density at radius 2 is 1.85 bits per heavy atom. The molecule has 0 saturated heterocycles. The van der Waals surface area contributed by atoms with Crippen molar-refractivity contribution in [1.82, 2.24) is 4.57 Å². The molecule has 0 fully saturated rings. The highest BCUT2D eigenvalue weighted by atomic mass is 32.1. The number of benzene rings is 3. The Morgan fingerprint density at radius 1 is 1.02 bits per heavy atom. The Bertz CT molecular complexity index is 2000. The van der Waals surface area contributed by atoms with E-state index >= 15 is 0 Å². The standard InChI is InChI=1S/C36H35N3O6S/c1-5-11-28-32(35(41)44-7-3)33(24-14-10-15-27(20-24)42-4)39-34(40)31(46-36(39)38-28)19-23-16-17-29(30(18-23)43-6-2)45-22-26-13-9-8-12-25(26)21-37/h8-10,12-20,33H,5-7,11,22H2,1-4H3/b31-19+/t33-/m0/s1. The molecular weight excluding hydrogens is 602 g/mol. The number of aromatic nitrogens is 1. The number of ether oxygens (including phenoxy) is 4. The van der Waals surface area contributed by atoms with Gasteiger partial charge in [0.25, 0.3) is 5.56 Å². The molecule has 0 N–H and O–H groups in total. The normalized spacial score (nSPS) is 14.2. The first-order valence-corrected chi connectivity index (χ1v) is 16.0. The van der Waals surface area contributed by atoms with Gasteiger partial charge in [-0.2, -0.15) is 5.26 Å². The second-order valence-corrected chi connectivity index (χ2v) is 11.4. The summed E-state index contributed by atoms with van der Waals surface area (Å²) >= 11 is 1.26. The van der Waals surface area contributed by atoms with E-state index < -0.39 is 12.0 Å². The van der Waals surface area contributed by atoms with Gasteiger partial charge in [0, 0.05) is 5.56 Å². The van der Waals surface area contributed by atoms with Gasteiger partial charge in [0.2, 0.25) is 0 Å². The van der Waals surface area contributed by atoms with Crippen LogP contribution >= 0.6 is 11.3 Å². The fourth-order valence-corrected chi connectivity index (χ4v) is 6.33. The van der Waals surface area contributed by atoms with Crippen LogP contribution in [0.2, 0.25) is 0 Å².